The van der Waals surface area contributed by atoms with Gasteiger partial charge in [-0.25, -0.2) is 0 Å². The van der Waals surface area contributed by atoms with E-state index in [4.69, 9.17) is 9.15 Å². The van der Waals surface area contributed by atoms with E-state index in [1.807, 2.05) is 24.4 Å². The molecule has 0 aliphatic carbocycles. The van der Waals surface area contributed by atoms with E-state index in [1.54, 1.807) is 11.3 Å². The molecule has 0 unspecified atom stereocenters. The van der Waals surface area contributed by atoms with E-state index in [9.17, 15) is 4.79 Å². The van der Waals surface area contributed by atoms with Gasteiger partial charge in [-0.3, -0.25) is 9.69 Å². The molecule has 130 valence electrons. The van der Waals surface area contributed by atoms with Crippen molar-refractivity contribution in [3.05, 3.63) is 46.0 Å². The number of hydrogen-bond donors (Lipinski definition) is 1. The standard InChI is InChI=1S/C18H24N2O3S/c1-14-2-4-17(23-14)16(20-7-9-22-10-8-20)12-19-18(21)5-3-15-6-11-24-13-15/h2,4,6,11,13,16H,3,5,7-10,12H2,1H3,(H,19,21)/t16-/m0/s1. The smallest absolute Gasteiger partial charge is 0.220 e. The summed E-state index contributed by atoms with van der Waals surface area (Å²) in [4.78, 5) is 14.5. The second-order valence-corrected chi connectivity index (χ2v) is 6.83. The fourth-order valence-electron chi connectivity index (χ4n) is 2.92. The fourth-order valence-corrected chi connectivity index (χ4v) is 3.63. The van der Waals surface area contributed by atoms with Crippen molar-refractivity contribution >= 4 is 17.2 Å². The molecule has 24 heavy (non-hydrogen) atoms. The van der Waals surface area contributed by atoms with Crippen LogP contribution in [-0.2, 0) is 16.0 Å². The normalized spacial score (nSPS) is 16.9. The van der Waals surface area contributed by atoms with Gasteiger partial charge in [0.05, 0.1) is 19.3 Å². The second-order valence-electron chi connectivity index (χ2n) is 6.05. The molecular weight excluding hydrogens is 324 g/mol. The SMILES string of the molecule is Cc1ccc([C@H](CNC(=O)CCc2ccsc2)N2CCOCC2)o1. The third-order valence-corrected chi connectivity index (χ3v) is 5.02. The number of furan rings is 1. The topological polar surface area (TPSA) is 54.7 Å². The Hall–Kier alpha value is -1.63. The van der Waals surface area contributed by atoms with Crippen LogP contribution in [0.1, 0.15) is 29.5 Å². The largest absolute Gasteiger partial charge is 0.465 e. The number of carbonyl (C=O) groups is 1. The van der Waals surface area contributed by atoms with Gasteiger partial charge in [-0.2, -0.15) is 11.3 Å². The minimum absolute atomic E-state index is 0.0627. The van der Waals surface area contributed by atoms with Crippen LogP contribution in [0.5, 0.6) is 0 Å². The third-order valence-electron chi connectivity index (χ3n) is 4.29. The lowest BCUT2D eigenvalue weighted by Gasteiger charge is -2.33. The average Bonchev–Trinajstić information content (AvgIpc) is 3.26. The summed E-state index contributed by atoms with van der Waals surface area (Å²) in [5.74, 6) is 1.89. The van der Waals surface area contributed by atoms with E-state index in [2.05, 4.69) is 21.7 Å². The molecule has 5 nitrogen and oxygen atoms in total. The van der Waals surface area contributed by atoms with Crippen LogP contribution in [0.15, 0.2) is 33.4 Å². The lowest BCUT2D eigenvalue weighted by atomic mass is 10.1. The van der Waals surface area contributed by atoms with Gasteiger partial charge >= 0.3 is 0 Å². The maximum atomic E-state index is 12.2. The van der Waals surface area contributed by atoms with E-state index in [1.165, 1.54) is 5.56 Å². The molecule has 1 saturated heterocycles. The molecule has 0 aromatic carbocycles. The summed E-state index contributed by atoms with van der Waals surface area (Å²) in [7, 11) is 0. The van der Waals surface area contributed by atoms with Crippen molar-refractivity contribution in [2.24, 2.45) is 0 Å². The number of amides is 1. The quantitative estimate of drug-likeness (QED) is 0.836. The summed E-state index contributed by atoms with van der Waals surface area (Å²) in [6, 6.07) is 6.11. The molecule has 0 bridgehead atoms. The van der Waals surface area contributed by atoms with Crippen LogP contribution in [0.2, 0.25) is 0 Å². The number of hydrogen-bond acceptors (Lipinski definition) is 5. The van der Waals surface area contributed by atoms with Crippen molar-refractivity contribution < 1.29 is 13.9 Å². The molecule has 2 aromatic rings. The average molecular weight is 348 g/mol. The van der Waals surface area contributed by atoms with Gasteiger partial charge in [0.25, 0.3) is 0 Å². The number of thiophene rings is 1. The molecule has 0 spiro atoms. The Kier molecular flexibility index (Phi) is 6.07. The number of ether oxygens (including phenoxy) is 1. The van der Waals surface area contributed by atoms with Gasteiger partial charge in [-0.1, -0.05) is 0 Å². The Bertz CT molecular complexity index is 632. The molecule has 1 aliphatic heterocycles. The summed E-state index contributed by atoms with van der Waals surface area (Å²) in [5, 5.41) is 7.21. The predicted molar refractivity (Wildman–Crippen MR) is 94.2 cm³/mol. The molecule has 1 amide bonds. The number of rotatable bonds is 7. The molecule has 3 rings (SSSR count). The first-order valence-corrected chi connectivity index (χ1v) is 9.32. The van der Waals surface area contributed by atoms with E-state index in [0.29, 0.717) is 13.0 Å². The number of morpholine rings is 1. The van der Waals surface area contributed by atoms with E-state index >= 15 is 0 Å². The van der Waals surface area contributed by atoms with Crippen LogP contribution in [0, 0.1) is 6.92 Å². The van der Waals surface area contributed by atoms with Gasteiger partial charge in [0.1, 0.15) is 11.5 Å². The van der Waals surface area contributed by atoms with Crippen LogP contribution in [0.25, 0.3) is 0 Å². The lowest BCUT2D eigenvalue weighted by molar-refractivity contribution is -0.121. The highest BCUT2D eigenvalue weighted by Crippen LogP contribution is 2.23. The van der Waals surface area contributed by atoms with E-state index in [-0.39, 0.29) is 11.9 Å². The Morgan fingerprint density at radius 3 is 2.83 bits per heavy atom. The van der Waals surface area contributed by atoms with Crippen molar-refractivity contribution in [3.8, 4) is 0 Å². The van der Waals surface area contributed by atoms with Crippen LogP contribution in [0.4, 0.5) is 0 Å². The van der Waals surface area contributed by atoms with Gasteiger partial charge in [-0.05, 0) is 47.9 Å². The first-order chi connectivity index (χ1) is 11.7. The number of aryl methyl sites for hydroxylation is 2. The van der Waals surface area contributed by atoms with Gasteiger partial charge in [-0.15, -0.1) is 0 Å². The van der Waals surface area contributed by atoms with Gasteiger partial charge in [0, 0.05) is 26.1 Å². The van der Waals surface area contributed by atoms with Crippen molar-refractivity contribution in [1.82, 2.24) is 10.2 Å². The number of nitrogens with zero attached hydrogens (tertiary/aromatic N) is 1. The summed E-state index contributed by atoms with van der Waals surface area (Å²) >= 11 is 1.67. The first kappa shape index (κ1) is 17.2. The van der Waals surface area contributed by atoms with Crippen molar-refractivity contribution in [2.45, 2.75) is 25.8 Å². The second kappa shape index (κ2) is 8.46. The fraction of sp³-hybridized carbons (Fsp3) is 0.500. The summed E-state index contributed by atoms with van der Waals surface area (Å²) in [6.07, 6.45) is 1.31. The Morgan fingerprint density at radius 1 is 1.33 bits per heavy atom. The predicted octanol–water partition coefficient (Wildman–Crippen LogP) is 2.77. The minimum Gasteiger partial charge on any atom is -0.465 e. The molecule has 1 fully saturated rings. The Morgan fingerprint density at radius 2 is 2.17 bits per heavy atom. The Balaban J connectivity index is 1.55. The zero-order chi connectivity index (χ0) is 16.8. The van der Waals surface area contributed by atoms with Crippen molar-refractivity contribution in [2.75, 3.05) is 32.8 Å². The zero-order valence-electron chi connectivity index (χ0n) is 14.0. The molecule has 0 radical (unpaired) electrons. The van der Waals surface area contributed by atoms with Crippen molar-refractivity contribution in [1.29, 1.82) is 0 Å². The maximum Gasteiger partial charge on any atom is 0.220 e. The Labute approximate surface area is 146 Å². The van der Waals surface area contributed by atoms with Gasteiger partial charge in [0.15, 0.2) is 0 Å². The highest BCUT2D eigenvalue weighted by atomic mass is 32.1. The van der Waals surface area contributed by atoms with Gasteiger partial charge < -0.3 is 14.5 Å². The molecule has 2 aromatic heterocycles. The third kappa shape index (κ3) is 4.69. The molecule has 3 heterocycles. The molecule has 6 heteroatoms. The van der Waals surface area contributed by atoms with Gasteiger partial charge in [0.2, 0.25) is 5.91 Å². The first-order valence-electron chi connectivity index (χ1n) is 8.38. The number of nitrogens with one attached hydrogen (secondary N) is 1. The highest BCUT2D eigenvalue weighted by Gasteiger charge is 2.25. The molecule has 0 saturated carbocycles. The molecule has 1 atom stereocenters. The van der Waals surface area contributed by atoms with E-state index < -0.39 is 0 Å². The van der Waals surface area contributed by atoms with Crippen LogP contribution >= 0.6 is 11.3 Å². The van der Waals surface area contributed by atoms with Crippen LogP contribution < -0.4 is 5.32 Å². The monoisotopic (exact) mass is 348 g/mol. The van der Waals surface area contributed by atoms with Crippen molar-refractivity contribution in [3.63, 3.8) is 0 Å². The molecular formula is C18H24N2O3S. The highest BCUT2D eigenvalue weighted by molar-refractivity contribution is 7.07. The summed E-state index contributed by atoms with van der Waals surface area (Å²) < 4.78 is 11.3. The molecule has 1 N–H and O–H groups in total. The summed E-state index contributed by atoms with van der Waals surface area (Å²) in [6.45, 7) is 5.67. The maximum absolute atomic E-state index is 12.2. The summed E-state index contributed by atoms with van der Waals surface area (Å²) in [5.41, 5.74) is 1.22. The zero-order valence-corrected chi connectivity index (χ0v) is 14.8. The van der Waals surface area contributed by atoms with Crippen LogP contribution in [0.3, 0.4) is 0 Å². The van der Waals surface area contributed by atoms with Crippen LogP contribution in [-0.4, -0.2) is 43.7 Å². The van der Waals surface area contributed by atoms with E-state index in [0.717, 1.165) is 44.2 Å². The molecule has 1 aliphatic rings. The minimum atomic E-state index is 0.0627. The number of carbonyl (C=O) groups excluding carboxylic acids is 1. The lowest BCUT2D eigenvalue weighted by Crippen LogP contribution is -2.43.